The van der Waals surface area contributed by atoms with Crippen molar-refractivity contribution in [2.75, 3.05) is 13.2 Å². The molecule has 0 spiro atoms. The van der Waals surface area contributed by atoms with Crippen LogP contribution in [0.5, 0.6) is 11.5 Å². The Bertz CT molecular complexity index is 1300. The Morgan fingerprint density at radius 3 is 2.46 bits per heavy atom. The molecule has 180 valence electrons. The summed E-state index contributed by atoms with van der Waals surface area (Å²) >= 11 is 12.3. The van der Waals surface area contributed by atoms with Gasteiger partial charge < -0.3 is 19.8 Å². The highest BCUT2D eigenvalue weighted by molar-refractivity contribution is 6.47. The van der Waals surface area contributed by atoms with E-state index in [2.05, 4.69) is 0 Å². The maximum absolute atomic E-state index is 13.2. The van der Waals surface area contributed by atoms with Gasteiger partial charge in [0, 0.05) is 17.1 Å². The third kappa shape index (κ3) is 5.14. The normalized spacial score (nSPS) is 17.1. The van der Waals surface area contributed by atoms with E-state index in [0.29, 0.717) is 29.4 Å². The van der Waals surface area contributed by atoms with Gasteiger partial charge in [0.25, 0.3) is 11.7 Å². The lowest BCUT2D eigenvalue weighted by Gasteiger charge is -2.25. The number of aromatic hydroxyl groups is 1. The molecule has 1 saturated heterocycles. The summed E-state index contributed by atoms with van der Waals surface area (Å²) in [6.45, 7) is 2.43. The highest BCUT2D eigenvalue weighted by Crippen LogP contribution is 2.41. The first-order chi connectivity index (χ1) is 16.8. The van der Waals surface area contributed by atoms with E-state index in [1.807, 2.05) is 19.1 Å². The molecule has 6 nitrogen and oxygen atoms in total. The van der Waals surface area contributed by atoms with E-state index in [-0.39, 0.29) is 28.5 Å². The number of rotatable bonds is 7. The molecule has 3 aromatic rings. The summed E-state index contributed by atoms with van der Waals surface area (Å²) in [6.07, 6.45) is 0.458. The van der Waals surface area contributed by atoms with Crippen molar-refractivity contribution >= 4 is 40.7 Å². The van der Waals surface area contributed by atoms with Crippen molar-refractivity contribution in [2.24, 2.45) is 0 Å². The summed E-state index contributed by atoms with van der Waals surface area (Å²) in [7, 11) is 0. The van der Waals surface area contributed by atoms with Crippen molar-refractivity contribution in [2.45, 2.75) is 19.4 Å². The van der Waals surface area contributed by atoms with Crippen LogP contribution in [0.15, 0.2) is 72.3 Å². The van der Waals surface area contributed by atoms with Crippen molar-refractivity contribution in [3.63, 3.8) is 0 Å². The van der Waals surface area contributed by atoms with Crippen LogP contribution in [-0.4, -0.2) is 40.0 Å². The number of benzene rings is 3. The number of Topliss-reactive ketones (excluding diaryl/α,β-unsaturated/α-hetero) is 1. The summed E-state index contributed by atoms with van der Waals surface area (Å²) in [6, 6.07) is 17.3. The van der Waals surface area contributed by atoms with Crippen molar-refractivity contribution in [3.05, 3.63) is 99.0 Å². The molecule has 8 heteroatoms. The minimum Gasteiger partial charge on any atom is -0.508 e. The second-order valence-corrected chi connectivity index (χ2v) is 8.88. The number of phenolic OH excluding ortho intramolecular Hbond substituents is 1. The van der Waals surface area contributed by atoms with Gasteiger partial charge in [-0.2, -0.15) is 0 Å². The van der Waals surface area contributed by atoms with Gasteiger partial charge in [-0.25, -0.2) is 0 Å². The molecule has 1 heterocycles. The van der Waals surface area contributed by atoms with Crippen LogP contribution in [-0.2, 0) is 16.0 Å². The average Bonchev–Trinajstić information content (AvgIpc) is 3.09. The maximum atomic E-state index is 13.2. The molecule has 4 rings (SSSR count). The summed E-state index contributed by atoms with van der Waals surface area (Å²) in [5, 5.41) is 22.2. The second-order valence-electron chi connectivity index (χ2n) is 8.04. The molecule has 0 saturated carbocycles. The lowest BCUT2D eigenvalue weighted by molar-refractivity contribution is -0.139. The monoisotopic (exact) mass is 511 g/mol. The minimum absolute atomic E-state index is 0.0258. The van der Waals surface area contributed by atoms with Crippen LogP contribution >= 0.6 is 23.2 Å². The van der Waals surface area contributed by atoms with Crippen LogP contribution < -0.4 is 4.74 Å². The molecule has 1 atom stereocenters. The number of hydrogen-bond donors (Lipinski definition) is 2. The standard InChI is InChI=1S/C27H23Cl2NO5/c1-2-35-20-10-11-22(29)21(15-20)25(32)23-24(17-4-3-5-19(31)14-17)30(27(34)26(23)33)13-12-16-6-8-18(28)9-7-16/h3-11,14-15,24,31-32H,2,12-13H2,1H3/b25-23+. The van der Waals surface area contributed by atoms with Crippen LogP contribution in [0.2, 0.25) is 10.0 Å². The zero-order valence-corrected chi connectivity index (χ0v) is 20.4. The smallest absolute Gasteiger partial charge is 0.295 e. The van der Waals surface area contributed by atoms with Crippen molar-refractivity contribution in [3.8, 4) is 11.5 Å². The number of likely N-dealkylation sites (tertiary alicyclic amines) is 1. The Labute approximate surface area is 213 Å². The predicted molar refractivity (Wildman–Crippen MR) is 135 cm³/mol. The lowest BCUT2D eigenvalue weighted by atomic mass is 9.95. The van der Waals surface area contributed by atoms with Gasteiger partial charge in [-0.3, -0.25) is 9.59 Å². The topological polar surface area (TPSA) is 87.1 Å². The predicted octanol–water partition coefficient (Wildman–Crippen LogP) is 5.76. The van der Waals surface area contributed by atoms with E-state index in [4.69, 9.17) is 27.9 Å². The summed E-state index contributed by atoms with van der Waals surface area (Å²) in [5.41, 5.74) is 1.49. The highest BCUT2D eigenvalue weighted by atomic mass is 35.5. The number of carbonyl (C=O) groups is 2. The number of ether oxygens (including phenoxy) is 1. The average molecular weight is 512 g/mol. The second kappa shape index (κ2) is 10.4. The van der Waals surface area contributed by atoms with Crippen molar-refractivity contribution < 1.29 is 24.5 Å². The molecule has 1 amide bonds. The fourth-order valence-corrected chi connectivity index (χ4v) is 4.47. The third-order valence-electron chi connectivity index (χ3n) is 5.78. The fraction of sp³-hybridized carbons (Fsp3) is 0.185. The Hall–Kier alpha value is -3.48. The molecule has 0 radical (unpaired) electrons. The van der Waals surface area contributed by atoms with Crippen LogP contribution in [0.25, 0.3) is 5.76 Å². The number of halogens is 2. The molecular formula is C27H23Cl2NO5. The lowest BCUT2D eigenvalue weighted by Crippen LogP contribution is -2.31. The first kappa shape index (κ1) is 24.6. The number of amides is 1. The minimum atomic E-state index is -0.916. The van der Waals surface area contributed by atoms with Gasteiger partial charge in [0.15, 0.2) is 0 Å². The first-order valence-electron chi connectivity index (χ1n) is 11.0. The number of phenols is 1. The Kier molecular flexibility index (Phi) is 7.34. The molecule has 0 bridgehead atoms. The number of hydrogen-bond acceptors (Lipinski definition) is 5. The zero-order valence-electron chi connectivity index (χ0n) is 18.9. The van der Waals surface area contributed by atoms with Gasteiger partial charge in [-0.15, -0.1) is 0 Å². The molecule has 0 aromatic heterocycles. The van der Waals surface area contributed by atoms with E-state index < -0.39 is 23.5 Å². The zero-order chi connectivity index (χ0) is 25.1. The summed E-state index contributed by atoms with van der Waals surface area (Å²) < 4.78 is 5.51. The SMILES string of the molecule is CCOc1ccc(Cl)c(/C(O)=C2\C(=O)C(=O)N(CCc3ccc(Cl)cc3)C2c2cccc(O)c2)c1. The summed E-state index contributed by atoms with van der Waals surface area (Å²) in [4.78, 5) is 27.8. The molecule has 2 N–H and O–H groups in total. The van der Waals surface area contributed by atoms with Crippen LogP contribution in [0.1, 0.15) is 29.7 Å². The van der Waals surface area contributed by atoms with Crippen molar-refractivity contribution in [1.29, 1.82) is 0 Å². The molecular weight excluding hydrogens is 489 g/mol. The number of carbonyl (C=O) groups excluding carboxylic acids is 2. The molecule has 1 aliphatic heterocycles. The Morgan fingerprint density at radius 2 is 1.77 bits per heavy atom. The Morgan fingerprint density at radius 1 is 1.03 bits per heavy atom. The van der Waals surface area contributed by atoms with Crippen molar-refractivity contribution in [1.82, 2.24) is 4.90 Å². The van der Waals surface area contributed by atoms with E-state index in [0.717, 1.165) is 5.56 Å². The third-order valence-corrected chi connectivity index (χ3v) is 6.37. The van der Waals surface area contributed by atoms with Gasteiger partial charge in [-0.05, 0) is 66.9 Å². The number of aliphatic hydroxyl groups is 1. The van der Waals surface area contributed by atoms with E-state index in [9.17, 15) is 19.8 Å². The van der Waals surface area contributed by atoms with Gasteiger partial charge in [0.05, 0.1) is 23.2 Å². The van der Waals surface area contributed by atoms with Gasteiger partial charge in [0.1, 0.15) is 17.3 Å². The van der Waals surface area contributed by atoms with E-state index in [1.54, 1.807) is 36.4 Å². The Balaban J connectivity index is 1.80. The van der Waals surface area contributed by atoms with Crippen LogP contribution in [0.4, 0.5) is 0 Å². The quantitative estimate of drug-likeness (QED) is 0.239. The van der Waals surface area contributed by atoms with Gasteiger partial charge >= 0.3 is 0 Å². The first-order valence-corrected chi connectivity index (χ1v) is 11.8. The number of aliphatic hydroxyl groups excluding tert-OH is 1. The highest BCUT2D eigenvalue weighted by Gasteiger charge is 2.46. The molecule has 1 unspecified atom stereocenters. The van der Waals surface area contributed by atoms with Crippen LogP contribution in [0, 0.1) is 0 Å². The van der Waals surface area contributed by atoms with Crippen LogP contribution in [0.3, 0.4) is 0 Å². The van der Waals surface area contributed by atoms with E-state index >= 15 is 0 Å². The fourth-order valence-electron chi connectivity index (χ4n) is 4.14. The number of nitrogens with zero attached hydrogens (tertiary/aromatic N) is 1. The molecule has 35 heavy (non-hydrogen) atoms. The molecule has 0 aliphatic carbocycles. The largest absolute Gasteiger partial charge is 0.508 e. The number of ketones is 1. The molecule has 1 fully saturated rings. The van der Waals surface area contributed by atoms with E-state index in [1.165, 1.54) is 23.1 Å². The molecule has 3 aromatic carbocycles. The maximum Gasteiger partial charge on any atom is 0.295 e. The summed E-state index contributed by atoms with van der Waals surface area (Å²) in [5.74, 6) is -1.54. The van der Waals surface area contributed by atoms with Gasteiger partial charge in [-0.1, -0.05) is 47.5 Å². The molecule has 1 aliphatic rings. The van der Waals surface area contributed by atoms with Gasteiger partial charge in [0.2, 0.25) is 0 Å².